The van der Waals surface area contributed by atoms with E-state index in [4.69, 9.17) is 5.11 Å². The molecule has 8 heteroatoms. The van der Waals surface area contributed by atoms with Gasteiger partial charge in [-0.2, -0.15) is 0 Å². The number of anilines is 1. The lowest BCUT2D eigenvalue weighted by Crippen LogP contribution is -2.48. The first-order valence-corrected chi connectivity index (χ1v) is 6.10. The smallest absolute Gasteiger partial charge is 0.317 e. The van der Waals surface area contributed by atoms with Crippen LogP contribution in [-0.4, -0.2) is 53.6 Å². The van der Waals surface area contributed by atoms with Gasteiger partial charge in [-0.15, -0.1) is 0 Å². The second kappa shape index (κ2) is 5.83. The van der Waals surface area contributed by atoms with Crippen LogP contribution in [0.1, 0.15) is 0 Å². The third kappa shape index (κ3) is 3.21. The quantitative estimate of drug-likeness (QED) is 0.653. The van der Waals surface area contributed by atoms with E-state index in [1.807, 2.05) is 0 Å². The number of hydrogen-bond donors (Lipinski definition) is 1. The average molecular weight is 283 g/mol. The summed E-state index contributed by atoms with van der Waals surface area (Å²) in [5.41, 5.74) is 0.100. The minimum atomic E-state index is -0.897. The van der Waals surface area contributed by atoms with Gasteiger partial charge in [0.15, 0.2) is 0 Å². The number of carbonyl (C=O) groups is 1. The van der Waals surface area contributed by atoms with Crippen LogP contribution in [0.5, 0.6) is 0 Å². The van der Waals surface area contributed by atoms with Gasteiger partial charge in [0, 0.05) is 26.2 Å². The van der Waals surface area contributed by atoms with Gasteiger partial charge >= 0.3 is 5.97 Å². The third-order valence-electron chi connectivity index (χ3n) is 3.21. The summed E-state index contributed by atoms with van der Waals surface area (Å²) in [6, 6.07) is 3.48. The monoisotopic (exact) mass is 283 g/mol. The maximum Gasteiger partial charge on any atom is 0.317 e. The summed E-state index contributed by atoms with van der Waals surface area (Å²) in [6.45, 7) is 1.90. The fraction of sp³-hybridized carbons (Fsp3) is 0.417. The van der Waals surface area contributed by atoms with Crippen molar-refractivity contribution in [3.63, 3.8) is 0 Å². The predicted octanol–water partition coefficient (Wildman–Crippen LogP) is 0.940. The first-order valence-electron chi connectivity index (χ1n) is 6.10. The number of benzene rings is 1. The second-order valence-corrected chi connectivity index (χ2v) is 4.55. The van der Waals surface area contributed by atoms with Crippen LogP contribution in [0.25, 0.3) is 0 Å². The molecule has 1 heterocycles. The van der Waals surface area contributed by atoms with Crippen LogP contribution in [0.3, 0.4) is 0 Å². The number of carboxylic acids is 1. The van der Waals surface area contributed by atoms with E-state index >= 15 is 0 Å². The lowest BCUT2D eigenvalue weighted by Gasteiger charge is -2.34. The summed E-state index contributed by atoms with van der Waals surface area (Å²) in [5, 5.41) is 19.7. The van der Waals surface area contributed by atoms with E-state index < -0.39 is 16.7 Å². The van der Waals surface area contributed by atoms with Crippen molar-refractivity contribution in [1.29, 1.82) is 0 Å². The van der Waals surface area contributed by atoms with Crippen molar-refractivity contribution in [2.24, 2.45) is 0 Å². The second-order valence-electron chi connectivity index (χ2n) is 4.55. The zero-order chi connectivity index (χ0) is 14.7. The summed E-state index contributed by atoms with van der Waals surface area (Å²) < 4.78 is 13.1. The first-order chi connectivity index (χ1) is 9.47. The van der Waals surface area contributed by atoms with E-state index in [1.54, 1.807) is 9.80 Å². The average Bonchev–Trinajstić information content (AvgIpc) is 2.39. The molecule has 0 radical (unpaired) electrons. The molecule has 1 N–H and O–H groups in total. The molecule has 0 aliphatic carbocycles. The number of aliphatic carboxylic acids is 1. The van der Waals surface area contributed by atoms with Gasteiger partial charge in [0.05, 0.1) is 17.5 Å². The lowest BCUT2D eigenvalue weighted by molar-refractivity contribution is -0.384. The molecule has 1 fully saturated rings. The molecule has 1 aromatic rings. The number of nitro benzene ring substituents is 1. The Morgan fingerprint density at radius 3 is 2.55 bits per heavy atom. The minimum absolute atomic E-state index is 0.0423. The molecular weight excluding hydrogens is 269 g/mol. The highest BCUT2D eigenvalue weighted by molar-refractivity contribution is 5.69. The molecule has 7 nitrogen and oxygen atoms in total. The molecule has 0 saturated carbocycles. The molecule has 1 aromatic carbocycles. The van der Waals surface area contributed by atoms with Crippen LogP contribution in [0.4, 0.5) is 15.8 Å². The Hall–Kier alpha value is -2.22. The van der Waals surface area contributed by atoms with Crippen molar-refractivity contribution in [3.05, 3.63) is 34.1 Å². The van der Waals surface area contributed by atoms with Crippen molar-refractivity contribution in [1.82, 2.24) is 4.90 Å². The number of nitro groups is 1. The summed E-state index contributed by atoms with van der Waals surface area (Å²) in [5.74, 6) is -1.55. The predicted molar refractivity (Wildman–Crippen MR) is 69.3 cm³/mol. The molecule has 20 heavy (non-hydrogen) atoms. The molecule has 0 aromatic heterocycles. The van der Waals surface area contributed by atoms with Crippen molar-refractivity contribution in [2.45, 2.75) is 0 Å². The van der Waals surface area contributed by atoms with Crippen LogP contribution in [0.2, 0.25) is 0 Å². The Kier molecular flexibility index (Phi) is 4.14. The summed E-state index contributed by atoms with van der Waals surface area (Å²) in [6.07, 6.45) is 0. The molecule has 0 unspecified atom stereocenters. The van der Waals surface area contributed by atoms with Crippen LogP contribution in [0.15, 0.2) is 18.2 Å². The number of hydrogen-bond acceptors (Lipinski definition) is 5. The van der Waals surface area contributed by atoms with E-state index in [1.165, 1.54) is 12.1 Å². The Morgan fingerprint density at radius 1 is 1.35 bits per heavy atom. The van der Waals surface area contributed by atoms with Gasteiger partial charge in [0.1, 0.15) is 11.5 Å². The zero-order valence-corrected chi connectivity index (χ0v) is 10.7. The van der Waals surface area contributed by atoms with Gasteiger partial charge in [-0.1, -0.05) is 0 Å². The third-order valence-corrected chi connectivity index (χ3v) is 3.21. The fourth-order valence-electron chi connectivity index (χ4n) is 2.25. The molecule has 2 rings (SSSR count). The number of rotatable bonds is 4. The summed E-state index contributed by atoms with van der Waals surface area (Å²) >= 11 is 0. The highest BCUT2D eigenvalue weighted by Crippen LogP contribution is 2.29. The highest BCUT2D eigenvalue weighted by Gasteiger charge is 2.24. The summed E-state index contributed by atoms with van der Waals surface area (Å²) in [4.78, 5) is 24.5. The van der Waals surface area contributed by atoms with Gasteiger partial charge in [-0.3, -0.25) is 19.8 Å². The van der Waals surface area contributed by atoms with Gasteiger partial charge in [-0.05, 0) is 12.1 Å². The van der Waals surface area contributed by atoms with Crippen LogP contribution in [-0.2, 0) is 4.79 Å². The zero-order valence-electron chi connectivity index (χ0n) is 10.7. The molecule has 1 saturated heterocycles. The fourth-order valence-corrected chi connectivity index (χ4v) is 2.25. The van der Waals surface area contributed by atoms with Crippen molar-refractivity contribution < 1.29 is 19.2 Å². The lowest BCUT2D eigenvalue weighted by atomic mass is 10.2. The number of nitrogens with zero attached hydrogens (tertiary/aromatic N) is 3. The van der Waals surface area contributed by atoms with Gasteiger partial charge in [0.25, 0.3) is 5.69 Å². The van der Waals surface area contributed by atoms with Crippen molar-refractivity contribution >= 4 is 17.3 Å². The molecule has 0 spiro atoms. The number of piperazine rings is 1. The van der Waals surface area contributed by atoms with Gasteiger partial charge in [-0.25, -0.2) is 4.39 Å². The van der Waals surface area contributed by atoms with Crippen LogP contribution >= 0.6 is 0 Å². The largest absolute Gasteiger partial charge is 0.480 e. The molecule has 0 bridgehead atoms. The molecule has 1 aliphatic heterocycles. The standard InChI is InChI=1S/C12H14FN3O4/c13-9-1-2-10(11(7-9)16(19)20)15-5-3-14(4-6-15)8-12(17)18/h1-2,7H,3-6,8H2,(H,17,18). The highest BCUT2D eigenvalue weighted by atomic mass is 19.1. The van der Waals surface area contributed by atoms with Gasteiger partial charge in [0.2, 0.25) is 0 Å². The Labute approximate surface area is 114 Å². The van der Waals surface area contributed by atoms with Crippen molar-refractivity contribution in [2.75, 3.05) is 37.6 Å². The first kappa shape index (κ1) is 14.2. The van der Waals surface area contributed by atoms with Crippen LogP contribution < -0.4 is 4.90 Å². The SMILES string of the molecule is O=C(O)CN1CCN(c2ccc(F)cc2[N+](=O)[O-])CC1. The Bertz CT molecular complexity index is 529. The molecule has 1 aliphatic rings. The Balaban J connectivity index is 2.11. The number of carboxylic acid groups (broad SMARTS) is 1. The van der Waals surface area contributed by atoms with Crippen LogP contribution in [0, 0.1) is 15.9 Å². The molecular formula is C12H14FN3O4. The molecule has 0 amide bonds. The minimum Gasteiger partial charge on any atom is -0.480 e. The topological polar surface area (TPSA) is 86.9 Å². The van der Waals surface area contributed by atoms with E-state index in [0.717, 1.165) is 6.07 Å². The normalized spacial score (nSPS) is 16.1. The Morgan fingerprint density at radius 2 is 2.00 bits per heavy atom. The summed E-state index contributed by atoms with van der Waals surface area (Å²) in [7, 11) is 0. The van der Waals surface area contributed by atoms with Gasteiger partial charge < -0.3 is 10.0 Å². The number of halogens is 1. The van der Waals surface area contributed by atoms with E-state index in [9.17, 15) is 19.3 Å². The van der Waals surface area contributed by atoms with E-state index in [2.05, 4.69) is 0 Å². The van der Waals surface area contributed by atoms with E-state index in [-0.39, 0.29) is 12.2 Å². The van der Waals surface area contributed by atoms with Crippen molar-refractivity contribution in [3.8, 4) is 0 Å². The van der Waals surface area contributed by atoms with E-state index in [0.29, 0.717) is 31.9 Å². The maximum atomic E-state index is 13.1. The molecule has 108 valence electrons. The maximum absolute atomic E-state index is 13.1. The molecule has 0 atom stereocenters.